The summed E-state index contributed by atoms with van der Waals surface area (Å²) in [7, 11) is 1.60. The first-order valence-electron chi connectivity index (χ1n) is 10.7. The van der Waals surface area contributed by atoms with Crippen LogP contribution in [0.25, 0.3) is 5.69 Å². The number of methoxy groups -OCH3 is 1. The minimum Gasteiger partial charge on any atom is -0.495 e. The number of carbonyl (C=O) groups excluding carboxylic acids is 2. The van der Waals surface area contributed by atoms with Gasteiger partial charge in [0.15, 0.2) is 18.8 Å². The van der Waals surface area contributed by atoms with Gasteiger partial charge in [-0.1, -0.05) is 12.1 Å². The van der Waals surface area contributed by atoms with Gasteiger partial charge in [0, 0.05) is 25.1 Å². The molecule has 7 nitrogen and oxygen atoms in total. The number of aromatic nitrogens is 2. The minimum absolute atomic E-state index is 0.156. The average Bonchev–Trinajstić information content (AvgIpc) is 3.23. The number of nitrogens with zero attached hydrogens (tertiary/aromatic N) is 4. The van der Waals surface area contributed by atoms with Crippen molar-refractivity contribution in [1.29, 1.82) is 0 Å². The molecular weight excluding hydrogens is 423 g/mol. The smallest absolute Gasteiger partial charge is 0.409 e. The Labute approximate surface area is 191 Å². The highest BCUT2D eigenvalue weighted by Crippen LogP contribution is 2.24. The second-order valence-corrected chi connectivity index (χ2v) is 8.07. The van der Waals surface area contributed by atoms with Crippen LogP contribution in [0.1, 0.15) is 23.7 Å². The third-order valence-corrected chi connectivity index (χ3v) is 5.77. The van der Waals surface area contributed by atoms with E-state index in [0.29, 0.717) is 25.3 Å². The molecule has 2 aromatic carbocycles. The molecule has 4 rings (SSSR count). The molecule has 0 aliphatic carbocycles. The van der Waals surface area contributed by atoms with E-state index in [2.05, 4.69) is 4.98 Å². The van der Waals surface area contributed by atoms with Crippen LogP contribution in [-0.4, -0.2) is 63.3 Å². The van der Waals surface area contributed by atoms with E-state index in [0.717, 1.165) is 22.5 Å². The summed E-state index contributed by atoms with van der Waals surface area (Å²) in [6.45, 7) is 4.20. The van der Waals surface area contributed by atoms with E-state index in [-0.39, 0.29) is 17.6 Å². The van der Waals surface area contributed by atoms with Gasteiger partial charge in [0.1, 0.15) is 11.6 Å². The molecular formula is C25H26FN4O3+. The maximum Gasteiger partial charge on any atom is 0.409 e. The van der Waals surface area contributed by atoms with Gasteiger partial charge < -0.3 is 14.2 Å². The molecule has 1 atom stereocenters. The number of carbonyl (C=O) groups is 2. The molecule has 2 heterocycles. The Morgan fingerprint density at radius 3 is 2.67 bits per heavy atom. The van der Waals surface area contributed by atoms with E-state index in [9.17, 15) is 14.0 Å². The molecule has 0 N–H and O–H groups in total. The van der Waals surface area contributed by atoms with Crippen LogP contribution in [0.4, 0.5) is 4.39 Å². The summed E-state index contributed by atoms with van der Waals surface area (Å²) >= 11 is 0. The molecule has 0 bridgehead atoms. The van der Waals surface area contributed by atoms with E-state index in [1.807, 2.05) is 35.9 Å². The summed E-state index contributed by atoms with van der Waals surface area (Å²) < 4.78 is 22.4. The van der Waals surface area contributed by atoms with Crippen molar-refractivity contribution in [3.8, 4) is 11.4 Å². The maximum atomic E-state index is 13.3. The SMILES string of the molecule is COc1cc(C=[N+]2CCN(C(C)=O)C(Cc3ccc(F)cc3)C2=O)ccc1-n1cnc(C)c1. The Morgan fingerprint density at radius 1 is 1.27 bits per heavy atom. The molecule has 8 heteroatoms. The largest absolute Gasteiger partial charge is 0.495 e. The summed E-state index contributed by atoms with van der Waals surface area (Å²) in [5, 5.41) is 0. The van der Waals surface area contributed by atoms with Crippen molar-refractivity contribution in [2.75, 3.05) is 20.2 Å². The summed E-state index contributed by atoms with van der Waals surface area (Å²) in [5.41, 5.74) is 3.34. The van der Waals surface area contributed by atoms with Gasteiger partial charge in [0.25, 0.3) is 0 Å². The maximum absolute atomic E-state index is 13.3. The van der Waals surface area contributed by atoms with Crippen LogP contribution >= 0.6 is 0 Å². The molecule has 1 aromatic heterocycles. The van der Waals surface area contributed by atoms with Crippen molar-refractivity contribution in [3.63, 3.8) is 0 Å². The van der Waals surface area contributed by atoms with E-state index < -0.39 is 6.04 Å². The Hall–Kier alpha value is -3.81. The third kappa shape index (κ3) is 4.84. The molecule has 1 fully saturated rings. The lowest BCUT2D eigenvalue weighted by molar-refractivity contribution is -0.458. The third-order valence-electron chi connectivity index (χ3n) is 5.77. The van der Waals surface area contributed by atoms with Crippen molar-refractivity contribution in [2.24, 2.45) is 0 Å². The zero-order valence-corrected chi connectivity index (χ0v) is 18.9. The van der Waals surface area contributed by atoms with E-state index in [4.69, 9.17) is 4.74 Å². The van der Waals surface area contributed by atoms with Gasteiger partial charge in [-0.15, -0.1) is 0 Å². The number of imidazole rings is 1. The normalized spacial score (nSPS) is 17.5. The number of ether oxygens (including phenoxy) is 1. The molecule has 0 radical (unpaired) electrons. The van der Waals surface area contributed by atoms with Crippen molar-refractivity contribution >= 4 is 18.0 Å². The average molecular weight is 450 g/mol. The second kappa shape index (κ2) is 9.36. The van der Waals surface area contributed by atoms with Crippen LogP contribution in [0.2, 0.25) is 0 Å². The molecule has 2 amide bonds. The second-order valence-electron chi connectivity index (χ2n) is 8.07. The molecule has 1 unspecified atom stereocenters. The fourth-order valence-corrected chi connectivity index (χ4v) is 4.07. The summed E-state index contributed by atoms with van der Waals surface area (Å²) in [6.07, 6.45) is 5.74. The Bertz CT molecular complexity index is 1220. The van der Waals surface area contributed by atoms with Crippen molar-refractivity contribution in [3.05, 3.63) is 77.6 Å². The molecule has 0 saturated carbocycles. The predicted molar refractivity (Wildman–Crippen MR) is 121 cm³/mol. The van der Waals surface area contributed by atoms with Gasteiger partial charge in [0.2, 0.25) is 5.91 Å². The summed E-state index contributed by atoms with van der Waals surface area (Å²) in [6, 6.07) is 11.1. The Morgan fingerprint density at radius 2 is 2.03 bits per heavy atom. The van der Waals surface area contributed by atoms with Crippen molar-refractivity contribution in [2.45, 2.75) is 26.3 Å². The van der Waals surface area contributed by atoms with Gasteiger partial charge in [-0.05, 0) is 42.8 Å². The lowest BCUT2D eigenvalue weighted by Crippen LogP contribution is -2.56. The van der Waals surface area contributed by atoms with Gasteiger partial charge >= 0.3 is 5.91 Å². The van der Waals surface area contributed by atoms with Crippen LogP contribution in [0.15, 0.2) is 55.0 Å². The van der Waals surface area contributed by atoms with Crippen LogP contribution in [0, 0.1) is 12.7 Å². The summed E-state index contributed by atoms with van der Waals surface area (Å²) in [5.74, 6) is -0.0139. The first kappa shape index (κ1) is 22.4. The zero-order chi connectivity index (χ0) is 23.5. The number of hydrogen-bond acceptors (Lipinski definition) is 4. The molecule has 1 aliphatic heterocycles. The monoisotopic (exact) mass is 449 g/mol. The number of amides is 2. The molecule has 170 valence electrons. The lowest BCUT2D eigenvalue weighted by Gasteiger charge is -2.31. The zero-order valence-electron chi connectivity index (χ0n) is 18.9. The number of benzene rings is 2. The number of aryl methyl sites for hydroxylation is 1. The van der Waals surface area contributed by atoms with E-state index in [1.165, 1.54) is 19.1 Å². The molecule has 1 aliphatic rings. The molecule has 3 aromatic rings. The van der Waals surface area contributed by atoms with E-state index in [1.54, 1.807) is 41.3 Å². The van der Waals surface area contributed by atoms with Crippen molar-refractivity contribution in [1.82, 2.24) is 14.5 Å². The number of rotatable bonds is 5. The quantitative estimate of drug-likeness (QED) is 0.562. The van der Waals surface area contributed by atoms with Crippen LogP contribution in [-0.2, 0) is 16.0 Å². The van der Waals surface area contributed by atoms with Crippen LogP contribution < -0.4 is 4.74 Å². The predicted octanol–water partition coefficient (Wildman–Crippen LogP) is 2.76. The minimum atomic E-state index is -0.645. The van der Waals surface area contributed by atoms with Crippen LogP contribution in [0.3, 0.4) is 0 Å². The van der Waals surface area contributed by atoms with Gasteiger partial charge in [-0.3, -0.25) is 4.79 Å². The first-order chi connectivity index (χ1) is 15.9. The van der Waals surface area contributed by atoms with Gasteiger partial charge in [-0.2, -0.15) is 4.58 Å². The Kier molecular flexibility index (Phi) is 6.35. The first-order valence-corrected chi connectivity index (χ1v) is 10.7. The fraction of sp³-hybridized carbons (Fsp3) is 0.280. The molecule has 1 saturated heterocycles. The molecule has 33 heavy (non-hydrogen) atoms. The highest BCUT2D eigenvalue weighted by atomic mass is 19.1. The lowest BCUT2D eigenvalue weighted by atomic mass is 10.0. The Balaban J connectivity index is 1.62. The number of hydrogen-bond donors (Lipinski definition) is 0. The number of halogens is 1. The fourth-order valence-electron chi connectivity index (χ4n) is 4.07. The number of piperazine rings is 1. The summed E-state index contributed by atoms with van der Waals surface area (Å²) in [4.78, 5) is 31.4. The standard InChI is InChI=1S/C25H26FN4O3/c1-17-14-29(16-27-17)22-9-6-20(13-24(22)33-3)15-28-10-11-30(18(2)31)23(25(28)32)12-19-4-7-21(26)8-5-19/h4-9,13-16,23H,10-12H2,1-3H3/q+1. The highest BCUT2D eigenvalue weighted by Gasteiger charge is 2.40. The van der Waals surface area contributed by atoms with Gasteiger partial charge in [0.05, 0.1) is 31.4 Å². The topological polar surface area (TPSA) is 67.4 Å². The van der Waals surface area contributed by atoms with Gasteiger partial charge in [-0.25, -0.2) is 14.2 Å². The van der Waals surface area contributed by atoms with E-state index >= 15 is 0 Å². The van der Waals surface area contributed by atoms with Crippen molar-refractivity contribution < 1.29 is 23.3 Å². The van der Waals surface area contributed by atoms with Crippen LogP contribution in [0.5, 0.6) is 5.75 Å². The highest BCUT2D eigenvalue weighted by molar-refractivity contribution is 5.88. The molecule has 0 spiro atoms.